The van der Waals surface area contributed by atoms with Gasteiger partial charge in [-0.05, 0) is 36.8 Å². The third-order valence-electron chi connectivity index (χ3n) is 4.95. The van der Waals surface area contributed by atoms with Gasteiger partial charge in [0.2, 0.25) is 9.84 Å². The zero-order valence-corrected chi connectivity index (χ0v) is 15.9. The van der Waals surface area contributed by atoms with Crippen LogP contribution in [-0.4, -0.2) is 37.7 Å². The lowest BCUT2D eigenvalue weighted by atomic mass is 10.2. The molecule has 0 amide bonds. The van der Waals surface area contributed by atoms with E-state index in [1.807, 2.05) is 11.0 Å². The SMILES string of the molecule is O=S(=O)(c1cccc(C(F)(F)F)c1)c1cnc2c(N3CCC(O)C3)cccc2c1. The van der Waals surface area contributed by atoms with Gasteiger partial charge in [0, 0.05) is 24.7 Å². The first kappa shape index (κ1) is 19.7. The standard InChI is InChI=1S/C20H17F3N2O3S/c21-20(22,23)14-4-2-5-16(10-14)29(27,28)17-9-13-3-1-6-18(19(13)24-11-17)25-8-7-15(26)12-25/h1-6,9-11,15,26H,7-8,12H2. The molecular formula is C20H17F3N2O3S. The third-order valence-corrected chi connectivity index (χ3v) is 6.67. The van der Waals surface area contributed by atoms with Crippen LogP contribution in [0.5, 0.6) is 0 Å². The molecule has 0 aliphatic carbocycles. The number of nitrogens with zero attached hydrogens (tertiary/aromatic N) is 2. The second-order valence-corrected chi connectivity index (χ2v) is 8.89. The molecular weight excluding hydrogens is 405 g/mol. The fourth-order valence-electron chi connectivity index (χ4n) is 3.46. The molecule has 29 heavy (non-hydrogen) atoms. The number of hydrogen-bond donors (Lipinski definition) is 1. The van der Waals surface area contributed by atoms with Gasteiger partial charge in [0.1, 0.15) is 0 Å². The first-order valence-electron chi connectivity index (χ1n) is 8.90. The molecule has 1 aromatic heterocycles. The monoisotopic (exact) mass is 422 g/mol. The Kier molecular flexibility index (Phi) is 4.74. The Balaban J connectivity index is 1.77. The molecule has 1 saturated heterocycles. The molecule has 0 spiro atoms. The van der Waals surface area contributed by atoms with Gasteiger partial charge >= 0.3 is 6.18 Å². The number of aliphatic hydroxyl groups is 1. The van der Waals surface area contributed by atoms with Gasteiger partial charge in [-0.25, -0.2) is 8.42 Å². The van der Waals surface area contributed by atoms with Gasteiger partial charge in [-0.15, -0.1) is 0 Å². The van der Waals surface area contributed by atoms with Gasteiger partial charge < -0.3 is 10.0 Å². The Morgan fingerprint density at radius 1 is 1.07 bits per heavy atom. The minimum absolute atomic E-state index is 0.178. The van der Waals surface area contributed by atoms with Crippen LogP contribution in [0.25, 0.3) is 10.9 Å². The van der Waals surface area contributed by atoms with E-state index < -0.39 is 32.6 Å². The highest BCUT2D eigenvalue weighted by molar-refractivity contribution is 7.91. The summed E-state index contributed by atoms with van der Waals surface area (Å²) in [7, 11) is -4.17. The second-order valence-electron chi connectivity index (χ2n) is 6.94. The molecule has 1 fully saturated rings. The third kappa shape index (κ3) is 3.67. The summed E-state index contributed by atoms with van der Waals surface area (Å²) in [6.45, 7) is 1.12. The molecule has 0 saturated carbocycles. The van der Waals surface area contributed by atoms with Crippen LogP contribution in [0, 0.1) is 0 Å². The number of sulfone groups is 1. The number of β-amino-alcohol motifs (C(OH)–C–C–N with tert-alkyl or cyclic N) is 1. The number of benzene rings is 2. The smallest absolute Gasteiger partial charge is 0.391 e. The normalized spacial score (nSPS) is 17.8. The molecule has 1 aliphatic heterocycles. The molecule has 9 heteroatoms. The Hall–Kier alpha value is -2.65. The molecule has 1 N–H and O–H groups in total. The number of anilines is 1. The summed E-state index contributed by atoms with van der Waals surface area (Å²) in [5.41, 5.74) is 0.328. The van der Waals surface area contributed by atoms with Gasteiger partial charge in [-0.1, -0.05) is 18.2 Å². The van der Waals surface area contributed by atoms with Crippen molar-refractivity contribution in [1.82, 2.24) is 4.98 Å². The van der Waals surface area contributed by atoms with Crippen molar-refractivity contribution in [2.24, 2.45) is 0 Å². The summed E-state index contributed by atoms with van der Waals surface area (Å²) in [5.74, 6) is 0. The topological polar surface area (TPSA) is 70.5 Å². The average molecular weight is 422 g/mol. The Bertz CT molecular complexity index is 1180. The molecule has 4 rings (SSSR count). The zero-order chi connectivity index (χ0) is 20.8. The van der Waals surface area contributed by atoms with Gasteiger partial charge in [0.15, 0.2) is 0 Å². The van der Waals surface area contributed by atoms with Crippen LogP contribution in [0.1, 0.15) is 12.0 Å². The first-order chi connectivity index (χ1) is 13.7. The summed E-state index contributed by atoms with van der Waals surface area (Å²) < 4.78 is 64.7. The number of alkyl halides is 3. The lowest BCUT2D eigenvalue weighted by Gasteiger charge is -2.19. The molecule has 2 aromatic carbocycles. The lowest BCUT2D eigenvalue weighted by Crippen LogP contribution is -2.21. The summed E-state index contributed by atoms with van der Waals surface area (Å²) in [4.78, 5) is 5.65. The van der Waals surface area contributed by atoms with Crippen molar-refractivity contribution in [2.75, 3.05) is 18.0 Å². The number of fused-ring (bicyclic) bond motifs is 1. The molecule has 2 heterocycles. The van der Waals surface area contributed by atoms with E-state index in [9.17, 15) is 26.7 Å². The summed E-state index contributed by atoms with van der Waals surface area (Å²) in [6, 6.07) is 10.4. The van der Waals surface area contributed by atoms with Crippen LogP contribution >= 0.6 is 0 Å². The van der Waals surface area contributed by atoms with Crippen molar-refractivity contribution >= 4 is 26.4 Å². The fraction of sp³-hybridized carbons (Fsp3) is 0.250. The molecule has 5 nitrogen and oxygen atoms in total. The maximum atomic E-state index is 13.0. The molecule has 1 atom stereocenters. The van der Waals surface area contributed by atoms with Crippen molar-refractivity contribution in [3.8, 4) is 0 Å². The van der Waals surface area contributed by atoms with Crippen LogP contribution in [0.2, 0.25) is 0 Å². The van der Waals surface area contributed by atoms with E-state index in [2.05, 4.69) is 4.98 Å². The van der Waals surface area contributed by atoms with Crippen LogP contribution in [0.4, 0.5) is 18.9 Å². The second kappa shape index (κ2) is 7.00. The van der Waals surface area contributed by atoms with Gasteiger partial charge in [-0.3, -0.25) is 4.98 Å². The maximum absolute atomic E-state index is 13.0. The molecule has 1 aliphatic rings. The van der Waals surface area contributed by atoms with Gasteiger partial charge in [0.25, 0.3) is 0 Å². The number of aliphatic hydroxyl groups excluding tert-OH is 1. The number of halogens is 3. The number of pyridine rings is 1. The van der Waals surface area contributed by atoms with Crippen LogP contribution in [-0.2, 0) is 16.0 Å². The molecule has 1 unspecified atom stereocenters. The van der Waals surface area contributed by atoms with E-state index in [1.54, 1.807) is 12.1 Å². The van der Waals surface area contributed by atoms with Crippen LogP contribution < -0.4 is 4.90 Å². The van der Waals surface area contributed by atoms with Crippen molar-refractivity contribution in [3.63, 3.8) is 0 Å². The number of hydrogen-bond acceptors (Lipinski definition) is 5. The van der Waals surface area contributed by atoms with E-state index in [1.165, 1.54) is 6.07 Å². The Morgan fingerprint density at radius 2 is 1.83 bits per heavy atom. The lowest BCUT2D eigenvalue weighted by molar-refractivity contribution is -0.137. The Morgan fingerprint density at radius 3 is 2.52 bits per heavy atom. The average Bonchev–Trinajstić information content (AvgIpc) is 3.12. The first-order valence-corrected chi connectivity index (χ1v) is 10.4. The highest BCUT2D eigenvalue weighted by Crippen LogP contribution is 2.33. The minimum atomic E-state index is -4.64. The number of para-hydroxylation sites is 1. The molecule has 0 bridgehead atoms. The minimum Gasteiger partial charge on any atom is -0.391 e. The van der Waals surface area contributed by atoms with E-state index in [-0.39, 0.29) is 4.90 Å². The summed E-state index contributed by atoms with van der Waals surface area (Å²) in [6.07, 6.45) is -3.26. The predicted molar refractivity (Wildman–Crippen MR) is 101 cm³/mol. The van der Waals surface area contributed by atoms with Crippen LogP contribution in [0.3, 0.4) is 0 Å². The predicted octanol–water partition coefficient (Wildman–Crippen LogP) is 3.66. The molecule has 3 aromatic rings. The van der Waals surface area contributed by atoms with Gasteiger partial charge in [-0.2, -0.15) is 13.2 Å². The maximum Gasteiger partial charge on any atom is 0.416 e. The zero-order valence-electron chi connectivity index (χ0n) is 15.1. The molecule has 152 valence electrons. The highest BCUT2D eigenvalue weighted by Gasteiger charge is 2.32. The van der Waals surface area contributed by atoms with E-state index in [4.69, 9.17) is 0 Å². The van der Waals surface area contributed by atoms with Crippen molar-refractivity contribution in [3.05, 3.63) is 60.3 Å². The number of aromatic nitrogens is 1. The number of rotatable bonds is 3. The summed E-state index contributed by atoms with van der Waals surface area (Å²) >= 11 is 0. The van der Waals surface area contributed by atoms with Crippen molar-refractivity contribution < 1.29 is 26.7 Å². The van der Waals surface area contributed by atoms with Crippen molar-refractivity contribution in [1.29, 1.82) is 0 Å². The van der Waals surface area contributed by atoms with E-state index in [0.29, 0.717) is 36.5 Å². The van der Waals surface area contributed by atoms with Crippen LogP contribution in [0.15, 0.2) is 64.5 Å². The fourth-order valence-corrected chi connectivity index (χ4v) is 4.75. The molecule has 0 radical (unpaired) electrons. The highest BCUT2D eigenvalue weighted by atomic mass is 32.2. The quantitative estimate of drug-likeness (QED) is 0.698. The summed E-state index contributed by atoms with van der Waals surface area (Å²) in [5, 5.41) is 10.3. The van der Waals surface area contributed by atoms with E-state index in [0.717, 1.165) is 30.1 Å². The van der Waals surface area contributed by atoms with Gasteiger partial charge in [0.05, 0.1) is 32.7 Å². The van der Waals surface area contributed by atoms with E-state index >= 15 is 0 Å². The largest absolute Gasteiger partial charge is 0.416 e. The van der Waals surface area contributed by atoms with Crippen molar-refractivity contribution in [2.45, 2.75) is 28.5 Å². The Labute approximate surface area is 165 Å².